The lowest BCUT2D eigenvalue weighted by atomic mass is 9.93. The number of methoxy groups -OCH3 is 1. The Morgan fingerprint density at radius 3 is 2.39 bits per heavy atom. The first-order valence-corrected chi connectivity index (χ1v) is 5.66. The molecule has 0 atom stereocenters. The molecule has 0 bridgehead atoms. The first-order valence-electron chi connectivity index (χ1n) is 5.66. The van der Waals surface area contributed by atoms with E-state index >= 15 is 0 Å². The van der Waals surface area contributed by atoms with Gasteiger partial charge in [-0.05, 0) is 13.8 Å². The molecule has 100 valence electrons. The van der Waals surface area contributed by atoms with Crippen LogP contribution in [0.1, 0.15) is 13.8 Å². The average molecular weight is 252 g/mol. The Morgan fingerprint density at radius 2 is 1.94 bits per heavy atom. The van der Waals surface area contributed by atoms with Gasteiger partial charge in [0.1, 0.15) is 0 Å². The molecular formula is C12H20N4O2. The SMILES string of the molecule is COCC(C)(C)C(=O)Nc1cnc(N(C)C)nc1. The fourth-order valence-electron chi connectivity index (χ4n) is 1.34. The van der Waals surface area contributed by atoms with Gasteiger partial charge in [0, 0.05) is 21.2 Å². The van der Waals surface area contributed by atoms with Crippen molar-refractivity contribution in [3.8, 4) is 0 Å². The summed E-state index contributed by atoms with van der Waals surface area (Å²) in [5, 5.41) is 2.77. The Bertz CT molecular complexity index is 401. The van der Waals surface area contributed by atoms with E-state index in [1.807, 2.05) is 27.9 Å². The van der Waals surface area contributed by atoms with Crippen molar-refractivity contribution in [1.29, 1.82) is 0 Å². The largest absolute Gasteiger partial charge is 0.384 e. The highest BCUT2D eigenvalue weighted by Crippen LogP contribution is 2.18. The van der Waals surface area contributed by atoms with E-state index in [-0.39, 0.29) is 5.91 Å². The van der Waals surface area contributed by atoms with Crippen molar-refractivity contribution < 1.29 is 9.53 Å². The van der Waals surface area contributed by atoms with Crippen molar-refractivity contribution in [3.63, 3.8) is 0 Å². The summed E-state index contributed by atoms with van der Waals surface area (Å²) in [4.78, 5) is 22.0. The van der Waals surface area contributed by atoms with Crippen molar-refractivity contribution in [2.24, 2.45) is 5.41 Å². The summed E-state index contributed by atoms with van der Waals surface area (Å²) < 4.78 is 5.02. The predicted molar refractivity (Wildman–Crippen MR) is 70.6 cm³/mol. The van der Waals surface area contributed by atoms with E-state index in [9.17, 15) is 4.79 Å². The third-order valence-electron chi connectivity index (χ3n) is 2.42. The zero-order valence-electron chi connectivity index (χ0n) is 11.5. The predicted octanol–water partition coefficient (Wildman–Crippen LogP) is 1.15. The number of ether oxygens (including phenoxy) is 1. The van der Waals surface area contributed by atoms with Gasteiger partial charge in [-0.25, -0.2) is 9.97 Å². The Labute approximate surface area is 107 Å². The zero-order valence-corrected chi connectivity index (χ0v) is 11.5. The van der Waals surface area contributed by atoms with Gasteiger partial charge in [0.25, 0.3) is 0 Å². The van der Waals surface area contributed by atoms with Gasteiger partial charge in [0.15, 0.2) is 0 Å². The Balaban J connectivity index is 2.70. The van der Waals surface area contributed by atoms with Gasteiger partial charge >= 0.3 is 0 Å². The second-order valence-electron chi connectivity index (χ2n) is 4.94. The van der Waals surface area contributed by atoms with Crippen LogP contribution in [0, 0.1) is 5.41 Å². The summed E-state index contributed by atoms with van der Waals surface area (Å²) >= 11 is 0. The Morgan fingerprint density at radius 1 is 1.39 bits per heavy atom. The normalized spacial score (nSPS) is 11.2. The van der Waals surface area contributed by atoms with E-state index in [0.29, 0.717) is 18.2 Å². The summed E-state index contributed by atoms with van der Waals surface area (Å²) in [6.07, 6.45) is 3.17. The molecule has 0 aromatic carbocycles. The second-order valence-corrected chi connectivity index (χ2v) is 4.94. The number of nitrogens with zero attached hydrogens (tertiary/aromatic N) is 3. The minimum absolute atomic E-state index is 0.120. The van der Waals surface area contributed by atoms with Crippen molar-refractivity contribution in [1.82, 2.24) is 9.97 Å². The molecule has 6 nitrogen and oxygen atoms in total. The number of carbonyl (C=O) groups is 1. The molecular weight excluding hydrogens is 232 g/mol. The van der Waals surface area contributed by atoms with Crippen LogP contribution in [0.2, 0.25) is 0 Å². The maximum atomic E-state index is 12.0. The molecule has 6 heteroatoms. The molecule has 0 fully saturated rings. The lowest BCUT2D eigenvalue weighted by Crippen LogP contribution is -2.34. The van der Waals surface area contributed by atoms with E-state index in [2.05, 4.69) is 15.3 Å². The lowest BCUT2D eigenvalue weighted by Gasteiger charge is -2.22. The van der Waals surface area contributed by atoms with E-state index in [1.54, 1.807) is 24.4 Å². The van der Waals surface area contributed by atoms with Crippen LogP contribution in [0.15, 0.2) is 12.4 Å². The van der Waals surface area contributed by atoms with Gasteiger partial charge in [-0.15, -0.1) is 0 Å². The number of anilines is 2. The lowest BCUT2D eigenvalue weighted by molar-refractivity contribution is -0.126. The van der Waals surface area contributed by atoms with Crippen molar-refractivity contribution in [3.05, 3.63) is 12.4 Å². The van der Waals surface area contributed by atoms with Crippen molar-refractivity contribution >= 4 is 17.5 Å². The molecule has 0 radical (unpaired) electrons. The summed E-state index contributed by atoms with van der Waals surface area (Å²) in [6, 6.07) is 0. The van der Waals surface area contributed by atoms with Crippen LogP contribution in [0.3, 0.4) is 0 Å². The number of nitrogens with one attached hydrogen (secondary N) is 1. The fourth-order valence-corrected chi connectivity index (χ4v) is 1.34. The first-order chi connectivity index (χ1) is 8.36. The van der Waals surface area contributed by atoms with Crippen LogP contribution in [0.5, 0.6) is 0 Å². The highest BCUT2D eigenvalue weighted by atomic mass is 16.5. The van der Waals surface area contributed by atoms with Gasteiger partial charge < -0.3 is 15.0 Å². The van der Waals surface area contributed by atoms with Gasteiger partial charge in [-0.3, -0.25) is 4.79 Å². The number of carbonyl (C=O) groups excluding carboxylic acids is 1. The number of hydrogen-bond acceptors (Lipinski definition) is 5. The van der Waals surface area contributed by atoms with Crippen LogP contribution in [-0.4, -0.2) is 43.7 Å². The quantitative estimate of drug-likeness (QED) is 0.851. The van der Waals surface area contributed by atoms with Crippen LogP contribution in [-0.2, 0) is 9.53 Å². The van der Waals surface area contributed by atoms with Crippen molar-refractivity contribution in [2.75, 3.05) is 38.0 Å². The van der Waals surface area contributed by atoms with Gasteiger partial charge in [0.05, 0.1) is 30.1 Å². The van der Waals surface area contributed by atoms with Crippen molar-refractivity contribution in [2.45, 2.75) is 13.8 Å². The number of amides is 1. The number of rotatable bonds is 5. The third kappa shape index (κ3) is 3.66. The number of hydrogen-bond donors (Lipinski definition) is 1. The maximum absolute atomic E-state index is 12.0. The molecule has 1 amide bonds. The van der Waals surface area contributed by atoms with Crippen LogP contribution in [0.25, 0.3) is 0 Å². The maximum Gasteiger partial charge on any atom is 0.232 e. The van der Waals surface area contributed by atoms with Gasteiger partial charge in [0.2, 0.25) is 11.9 Å². The summed E-state index contributed by atoms with van der Waals surface area (Å²) in [6.45, 7) is 4.00. The molecule has 1 N–H and O–H groups in total. The molecule has 0 aliphatic rings. The molecule has 0 unspecified atom stereocenters. The monoisotopic (exact) mass is 252 g/mol. The molecule has 18 heavy (non-hydrogen) atoms. The summed E-state index contributed by atoms with van der Waals surface area (Å²) in [7, 11) is 5.29. The molecule has 1 aromatic rings. The second kappa shape index (κ2) is 5.77. The van der Waals surface area contributed by atoms with Gasteiger partial charge in [-0.2, -0.15) is 0 Å². The smallest absolute Gasteiger partial charge is 0.232 e. The highest BCUT2D eigenvalue weighted by Gasteiger charge is 2.27. The highest BCUT2D eigenvalue weighted by molar-refractivity contribution is 5.94. The molecule has 0 aliphatic heterocycles. The number of aromatic nitrogens is 2. The minimum Gasteiger partial charge on any atom is -0.384 e. The molecule has 0 spiro atoms. The van der Waals surface area contributed by atoms with E-state index in [1.165, 1.54) is 0 Å². The van der Waals surface area contributed by atoms with Crippen LogP contribution >= 0.6 is 0 Å². The van der Waals surface area contributed by atoms with Crippen LogP contribution < -0.4 is 10.2 Å². The van der Waals surface area contributed by atoms with E-state index in [4.69, 9.17) is 4.74 Å². The van der Waals surface area contributed by atoms with Gasteiger partial charge in [-0.1, -0.05) is 0 Å². The Kier molecular flexibility index (Phi) is 4.61. The molecule has 0 saturated heterocycles. The third-order valence-corrected chi connectivity index (χ3v) is 2.42. The Hall–Kier alpha value is -1.69. The molecule has 0 aliphatic carbocycles. The molecule has 1 rings (SSSR count). The van der Waals surface area contributed by atoms with Crippen LogP contribution in [0.4, 0.5) is 11.6 Å². The molecule has 1 aromatic heterocycles. The summed E-state index contributed by atoms with van der Waals surface area (Å²) in [5.74, 6) is 0.481. The average Bonchev–Trinajstić information content (AvgIpc) is 2.29. The minimum atomic E-state index is -0.588. The fraction of sp³-hybridized carbons (Fsp3) is 0.583. The zero-order chi connectivity index (χ0) is 13.8. The molecule has 1 heterocycles. The first kappa shape index (κ1) is 14.4. The van der Waals surface area contributed by atoms with E-state index < -0.39 is 5.41 Å². The standard InChI is InChI=1S/C12H20N4O2/c1-12(2,8-18-5)10(17)15-9-6-13-11(14-7-9)16(3)4/h6-7H,8H2,1-5H3,(H,15,17). The summed E-state index contributed by atoms with van der Waals surface area (Å²) in [5.41, 5.74) is -0.00983. The molecule has 0 saturated carbocycles. The van der Waals surface area contributed by atoms with E-state index in [0.717, 1.165) is 0 Å². The topological polar surface area (TPSA) is 67.3 Å².